The normalized spacial score (nSPS) is 11.8. The van der Waals surface area contributed by atoms with Crippen LogP contribution in [0, 0.1) is 0 Å². The average molecular weight is 427 g/mol. The molecule has 0 spiro atoms. The lowest BCUT2D eigenvalue weighted by molar-refractivity contribution is 0.669. The van der Waals surface area contributed by atoms with Gasteiger partial charge in [-0.2, -0.15) is 0 Å². The Kier molecular flexibility index (Phi) is 4.52. The van der Waals surface area contributed by atoms with Crippen LogP contribution in [-0.4, -0.2) is 8.07 Å². The number of rotatable bonds is 4. The summed E-state index contributed by atoms with van der Waals surface area (Å²) >= 11 is 0. The zero-order valence-corrected chi connectivity index (χ0v) is 18.6. The molecule has 0 aliphatic carbocycles. The monoisotopic (exact) mass is 426 g/mol. The van der Waals surface area contributed by atoms with Gasteiger partial charge in [0.1, 0.15) is 11.2 Å². The molecular weight excluding hydrogens is 404 g/mol. The molecule has 1 aromatic heterocycles. The molecule has 5 aromatic carbocycles. The highest BCUT2D eigenvalue weighted by molar-refractivity contribution is 7.20. The molecule has 0 unspecified atom stereocenters. The summed E-state index contributed by atoms with van der Waals surface area (Å²) in [6.07, 6.45) is 0. The zero-order valence-electron chi connectivity index (χ0n) is 17.6. The molecule has 0 radical (unpaired) electrons. The summed E-state index contributed by atoms with van der Waals surface area (Å²) in [5, 5.41) is 7.85. The molecule has 6 rings (SSSR count). The Morgan fingerprint density at radius 2 is 0.844 bits per heavy atom. The van der Waals surface area contributed by atoms with Crippen molar-refractivity contribution in [3.8, 4) is 0 Å². The Labute approximate surface area is 188 Å². The van der Waals surface area contributed by atoms with Crippen molar-refractivity contribution in [2.75, 3.05) is 0 Å². The molecule has 152 valence electrons. The van der Waals surface area contributed by atoms with Gasteiger partial charge in [-0.05, 0) is 32.9 Å². The number of hydrogen-bond donors (Lipinski definition) is 0. The van der Waals surface area contributed by atoms with E-state index in [9.17, 15) is 0 Å². The minimum atomic E-state index is -2.52. The molecule has 0 atom stereocenters. The van der Waals surface area contributed by atoms with Gasteiger partial charge in [0, 0.05) is 10.8 Å². The summed E-state index contributed by atoms with van der Waals surface area (Å²) in [5.74, 6) is 0. The third-order valence-electron chi connectivity index (χ3n) is 6.43. The Balaban J connectivity index is 1.76. The highest BCUT2D eigenvalue weighted by Crippen LogP contribution is 2.28. The van der Waals surface area contributed by atoms with Gasteiger partial charge in [0.05, 0.1) is 0 Å². The standard InChI is InChI=1S/C30H22OSi/c1-4-12-23(13-5-1)32(24-14-6-2-7-15-24,25-16-8-3-9-17-25)26-20-21-30-28(22-26)27-18-10-11-19-29(27)31-30/h1-22H. The van der Waals surface area contributed by atoms with Gasteiger partial charge < -0.3 is 4.42 Å². The van der Waals surface area contributed by atoms with Crippen LogP contribution in [0.5, 0.6) is 0 Å². The number of fused-ring (bicyclic) bond motifs is 3. The fraction of sp³-hybridized carbons (Fsp3) is 0. The quantitative estimate of drug-likeness (QED) is 0.287. The fourth-order valence-electron chi connectivity index (χ4n) is 5.02. The number of benzene rings is 5. The Morgan fingerprint density at radius 3 is 1.41 bits per heavy atom. The molecule has 0 aliphatic rings. The molecule has 0 bridgehead atoms. The zero-order chi connectivity index (χ0) is 21.4. The van der Waals surface area contributed by atoms with Crippen LogP contribution in [-0.2, 0) is 0 Å². The SMILES string of the molecule is c1ccc([Si](c2ccccc2)(c2ccccc2)c2ccc3oc4ccccc4c3c2)cc1. The van der Waals surface area contributed by atoms with E-state index >= 15 is 0 Å². The predicted octanol–water partition coefficient (Wildman–Crippen LogP) is 4.96. The van der Waals surface area contributed by atoms with Crippen molar-refractivity contribution < 1.29 is 4.42 Å². The van der Waals surface area contributed by atoms with Gasteiger partial charge in [-0.1, -0.05) is 121 Å². The van der Waals surface area contributed by atoms with E-state index in [0.29, 0.717) is 0 Å². The second-order valence-electron chi connectivity index (χ2n) is 8.16. The molecule has 0 aliphatic heterocycles. The van der Waals surface area contributed by atoms with Crippen molar-refractivity contribution in [1.29, 1.82) is 0 Å². The molecule has 0 saturated carbocycles. The van der Waals surface area contributed by atoms with E-state index < -0.39 is 8.07 Å². The van der Waals surface area contributed by atoms with Gasteiger partial charge in [0.15, 0.2) is 8.07 Å². The molecule has 0 N–H and O–H groups in total. The van der Waals surface area contributed by atoms with Crippen LogP contribution in [0.2, 0.25) is 0 Å². The Morgan fingerprint density at radius 1 is 0.375 bits per heavy atom. The van der Waals surface area contributed by atoms with Gasteiger partial charge in [-0.15, -0.1) is 0 Å². The maximum Gasteiger partial charge on any atom is 0.179 e. The molecule has 6 aromatic rings. The average Bonchev–Trinajstić information content (AvgIpc) is 3.25. The van der Waals surface area contributed by atoms with E-state index in [1.54, 1.807) is 0 Å². The highest BCUT2D eigenvalue weighted by atomic mass is 28.3. The van der Waals surface area contributed by atoms with E-state index in [1.165, 1.54) is 31.5 Å². The van der Waals surface area contributed by atoms with Crippen molar-refractivity contribution in [2.24, 2.45) is 0 Å². The van der Waals surface area contributed by atoms with Gasteiger partial charge in [0.2, 0.25) is 0 Å². The van der Waals surface area contributed by atoms with Crippen molar-refractivity contribution in [3.05, 3.63) is 133 Å². The number of para-hydroxylation sites is 1. The summed E-state index contributed by atoms with van der Waals surface area (Å²) in [5.41, 5.74) is 1.87. The van der Waals surface area contributed by atoms with Gasteiger partial charge in [0.25, 0.3) is 0 Å². The second-order valence-corrected chi connectivity index (χ2v) is 12.0. The topological polar surface area (TPSA) is 13.1 Å². The van der Waals surface area contributed by atoms with Gasteiger partial charge in [-0.25, -0.2) is 0 Å². The molecule has 0 fully saturated rings. The Hall–Kier alpha value is -3.88. The predicted molar refractivity (Wildman–Crippen MR) is 137 cm³/mol. The lowest BCUT2D eigenvalue weighted by Gasteiger charge is -2.34. The van der Waals surface area contributed by atoms with Crippen molar-refractivity contribution >= 4 is 50.8 Å². The van der Waals surface area contributed by atoms with E-state index in [2.05, 4.69) is 121 Å². The Bertz CT molecular complexity index is 1410. The van der Waals surface area contributed by atoms with Crippen LogP contribution in [0.15, 0.2) is 138 Å². The largest absolute Gasteiger partial charge is 0.456 e. The molecule has 0 amide bonds. The van der Waals surface area contributed by atoms with E-state index in [-0.39, 0.29) is 0 Å². The van der Waals surface area contributed by atoms with Crippen LogP contribution >= 0.6 is 0 Å². The molecule has 0 saturated heterocycles. The van der Waals surface area contributed by atoms with E-state index in [0.717, 1.165) is 11.2 Å². The van der Waals surface area contributed by atoms with Crippen LogP contribution in [0.25, 0.3) is 21.9 Å². The van der Waals surface area contributed by atoms with Crippen LogP contribution < -0.4 is 20.7 Å². The van der Waals surface area contributed by atoms with Crippen molar-refractivity contribution in [2.45, 2.75) is 0 Å². The smallest absolute Gasteiger partial charge is 0.179 e. The first-order valence-electron chi connectivity index (χ1n) is 11.0. The summed E-state index contributed by atoms with van der Waals surface area (Å²) < 4.78 is 6.15. The van der Waals surface area contributed by atoms with Crippen molar-refractivity contribution in [1.82, 2.24) is 0 Å². The molecule has 1 heterocycles. The molecule has 2 heteroatoms. The molecule has 1 nitrogen and oxygen atoms in total. The lowest BCUT2D eigenvalue weighted by atomic mass is 10.1. The second kappa shape index (κ2) is 7.67. The first-order valence-corrected chi connectivity index (χ1v) is 13.0. The van der Waals surface area contributed by atoms with Crippen LogP contribution in [0.3, 0.4) is 0 Å². The minimum Gasteiger partial charge on any atom is -0.456 e. The fourth-order valence-corrected chi connectivity index (χ4v) is 9.80. The van der Waals surface area contributed by atoms with Crippen LogP contribution in [0.1, 0.15) is 0 Å². The summed E-state index contributed by atoms with van der Waals surface area (Å²) in [6.45, 7) is 0. The lowest BCUT2D eigenvalue weighted by Crippen LogP contribution is -2.74. The van der Waals surface area contributed by atoms with Crippen molar-refractivity contribution in [3.63, 3.8) is 0 Å². The summed E-state index contributed by atoms with van der Waals surface area (Å²) in [7, 11) is -2.52. The highest BCUT2D eigenvalue weighted by Gasteiger charge is 2.41. The van der Waals surface area contributed by atoms with Gasteiger partial charge in [-0.3, -0.25) is 0 Å². The third-order valence-corrected chi connectivity index (χ3v) is 11.2. The summed E-state index contributed by atoms with van der Waals surface area (Å²) in [6, 6.07) is 48.2. The first-order chi connectivity index (χ1) is 15.9. The third kappa shape index (κ3) is 2.84. The molecule has 32 heavy (non-hydrogen) atoms. The maximum atomic E-state index is 6.15. The maximum absolute atomic E-state index is 6.15. The molecular formula is C30H22OSi. The van der Waals surface area contributed by atoms with E-state index in [1.807, 2.05) is 12.1 Å². The number of hydrogen-bond acceptors (Lipinski definition) is 1. The summed E-state index contributed by atoms with van der Waals surface area (Å²) in [4.78, 5) is 0. The minimum absolute atomic E-state index is 0.936. The number of furan rings is 1. The van der Waals surface area contributed by atoms with E-state index in [4.69, 9.17) is 4.42 Å². The van der Waals surface area contributed by atoms with Gasteiger partial charge >= 0.3 is 0 Å². The first kappa shape index (κ1) is 18.9. The van der Waals surface area contributed by atoms with Crippen LogP contribution in [0.4, 0.5) is 0 Å².